The number of aliphatic carboxylic acids is 1. The van der Waals surface area contributed by atoms with Gasteiger partial charge < -0.3 is 9.84 Å². The zero-order chi connectivity index (χ0) is 12.0. The van der Waals surface area contributed by atoms with Crippen LogP contribution in [-0.2, 0) is 22.6 Å². The van der Waals surface area contributed by atoms with Crippen LogP contribution in [0.3, 0.4) is 0 Å². The lowest BCUT2D eigenvalue weighted by Crippen LogP contribution is -2.06. The summed E-state index contributed by atoms with van der Waals surface area (Å²) in [6.07, 6.45) is 1.34. The van der Waals surface area contributed by atoms with Gasteiger partial charge >= 0.3 is 5.97 Å². The van der Waals surface area contributed by atoms with Gasteiger partial charge in [0.05, 0.1) is 19.1 Å². The summed E-state index contributed by atoms with van der Waals surface area (Å²) >= 11 is 0. The van der Waals surface area contributed by atoms with Gasteiger partial charge in [0.1, 0.15) is 0 Å². The van der Waals surface area contributed by atoms with Crippen molar-refractivity contribution in [2.45, 2.75) is 39.4 Å². The predicted octanol–water partition coefficient (Wildman–Crippen LogP) is 2.63. The molecule has 1 N–H and O–H groups in total. The van der Waals surface area contributed by atoms with E-state index in [1.807, 2.05) is 31.2 Å². The molecular formula is C13H18O3. The molecule has 88 valence electrons. The van der Waals surface area contributed by atoms with E-state index >= 15 is 0 Å². The number of hydrogen-bond acceptors (Lipinski definition) is 2. The third-order valence-corrected chi connectivity index (χ3v) is 2.49. The standard InChI is InChI=1S/C13H18O3/c1-3-10(2)16-9-12-6-4-11(5-7-12)8-13(14)15/h4-7,10H,3,8-9H2,1-2H3,(H,14,15). The van der Waals surface area contributed by atoms with Crippen molar-refractivity contribution in [3.63, 3.8) is 0 Å². The monoisotopic (exact) mass is 222 g/mol. The molecule has 0 aromatic heterocycles. The lowest BCUT2D eigenvalue weighted by Gasteiger charge is -2.10. The average Bonchev–Trinajstić information content (AvgIpc) is 2.27. The molecule has 0 bridgehead atoms. The maximum absolute atomic E-state index is 10.5. The summed E-state index contributed by atoms with van der Waals surface area (Å²) < 4.78 is 5.58. The second-order valence-electron chi connectivity index (χ2n) is 3.92. The van der Waals surface area contributed by atoms with Crippen molar-refractivity contribution in [1.29, 1.82) is 0 Å². The van der Waals surface area contributed by atoms with Crippen molar-refractivity contribution in [1.82, 2.24) is 0 Å². The van der Waals surface area contributed by atoms with Crippen molar-refractivity contribution in [3.8, 4) is 0 Å². The van der Waals surface area contributed by atoms with Gasteiger partial charge in [-0.3, -0.25) is 4.79 Å². The van der Waals surface area contributed by atoms with Gasteiger partial charge in [-0.25, -0.2) is 0 Å². The summed E-state index contributed by atoms with van der Waals surface area (Å²) in [4.78, 5) is 10.5. The fourth-order valence-corrected chi connectivity index (χ4v) is 1.28. The fourth-order valence-electron chi connectivity index (χ4n) is 1.28. The molecule has 0 aliphatic heterocycles. The molecule has 16 heavy (non-hydrogen) atoms. The first kappa shape index (κ1) is 12.7. The number of benzene rings is 1. The van der Waals surface area contributed by atoms with Gasteiger partial charge in [-0.05, 0) is 24.5 Å². The Morgan fingerprint density at radius 3 is 2.38 bits per heavy atom. The molecule has 3 nitrogen and oxygen atoms in total. The first-order valence-corrected chi connectivity index (χ1v) is 5.53. The van der Waals surface area contributed by atoms with Crippen LogP contribution in [0.1, 0.15) is 31.4 Å². The highest BCUT2D eigenvalue weighted by Gasteiger charge is 2.02. The van der Waals surface area contributed by atoms with Crippen molar-refractivity contribution in [2.75, 3.05) is 0 Å². The van der Waals surface area contributed by atoms with Crippen molar-refractivity contribution < 1.29 is 14.6 Å². The summed E-state index contributed by atoms with van der Waals surface area (Å²) in [7, 11) is 0. The summed E-state index contributed by atoms with van der Waals surface area (Å²) in [6.45, 7) is 4.71. The van der Waals surface area contributed by atoms with Crippen LogP contribution >= 0.6 is 0 Å². The normalized spacial score (nSPS) is 12.4. The second-order valence-corrected chi connectivity index (χ2v) is 3.92. The predicted molar refractivity (Wildman–Crippen MR) is 62.3 cm³/mol. The van der Waals surface area contributed by atoms with Crippen molar-refractivity contribution in [2.24, 2.45) is 0 Å². The average molecular weight is 222 g/mol. The number of carboxylic acid groups (broad SMARTS) is 1. The third-order valence-electron chi connectivity index (χ3n) is 2.49. The fraction of sp³-hybridized carbons (Fsp3) is 0.462. The Balaban J connectivity index is 2.48. The maximum atomic E-state index is 10.5. The quantitative estimate of drug-likeness (QED) is 0.804. The van der Waals surface area contributed by atoms with Crippen molar-refractivity contribution in [3.05, 3.63) is 35.4 Å². The second kappa shape index (κ2) is 6.28. The lowest BCUT2D eigenvalue weighted by molar-refractivity contribution is -0.136. The molecule has 0 saturated heterocycles. The van der Waals surface area contributed by atoms with Gasteiger partial charge in [-0.1, -0.05) is 31.2 Å². The summed E-state index contributed by atoms with van der Waals surface area (Å²) in [5.74, 6) is -0.802. The summed E-state index contributed by atoms with van der Waals surface area (Å²) in [6, 6.07) is 7.51. The number of rotatable bonds is 6. The lowest BCUT2D eigenvalue weighted by atomic mass is 10.1. The molecule has 0 radical (unpaired) electrons. The van der Waals surface area contributed by atoms with Crippen LogP contribution < -0.4 is 0 Å². The Bertz CT molecular complexity index is 330. The minimum absolute atomic E-state index is 0.0759. The molecular weight excluding hydrogens is 204 g/mol. The summed E-state index contributed by atoms with van der Waals surface area (Å²) in [5.41, 5.74) is 1.90. The number of hydrogen-bond donors (Lipinski definition) is 1. The minimum Gasteiger partial charge on any atom is -0.481 e. The van der Waals surface area contributed by atoms with Crippen molar-refractivity contribution >= 4 is 5.97 Å². The van der Waals surface area contributed by atoms with Crippen LogP contribution in [-0.4, -0.2) is 17.2 Å². The summed E-state index contributed by atoms with van der Waals surface area (Å²) in [5, 5.41) is 8.62. The van der Waals surface area contributed by atoms with Crippen LogP contribution in [0.5, 0.6) is 0 Å². The van der Waals surface area contributed by atoms with E-state index in [1.54, 1.807) is 0 Å². The number of carbonyl (C=O) groups is 1. The number of carboxylic acids is 1. The van der Waals surface area contributed by atoms with Crippen LogP contribution in [0.25, 0.3) is 0 Å². The Morgan fingerprint density at radius 1 is 1.31 bits per heavy atom. The Labute approximate surface area is 96.1 Å². The molecule has 0 amide bonds. The zero-order valence-corrected chi connectivity index (χ0v) is 9.77. The molecule has 0 spiro atoms. The van der Waals surface area contributed by atoms with Crippen LogP contribution in [0.4, 0.5) is 0 Å². The Morgan fingerprint density at radius 2 is 1.88 bits per heavy atom. The SMILES string of the molecule is CCC(C)OCc1ccc(CC(=O)O)cc1. The van der Waals surface area contributed by atoms with E-state index in [9.17, 15) is 4.79 Å². The Hall–Kier alpha value is -1.35. The van der Waals surface area contributed by atoms with Crippen LogP contribution in [0.15, 0.2) is 24.3 Å². The highest BCUT2D eigenvalue weighted by molar-refractivity contribution is 5.70. The molecule has 1 atom stereocenters. The third kappa shape index (κ3) is 4.45. The highest BCUT2D eigenvalue weighted by atomic mass is 16.5. The first-order valence-electron chi connectivity index (χ1n) is 5.53. The van der Waals surface area contributed by atoms with Gasteiger partial charge in [-0.15, -0.1) is 0 Å². The molecule has 0 saturated carbocycles. The van der Waals surface area contributed by atoms with E-state index in [2.05, 4.69) is 6.92 Å². The Kier molecular flexibility index (Phi) is 4.99. The first-order chi connectivity index (χ1) is 7.61. The largest absolute Gasteiger partial charge is 0.481 e. The van der Waals surface area contributed by atoms with E-state index < -0.39 is 5.97 Å². The van der Waals surface area contributed by atoms with E-state index in [0.717, 1.165) is 17.5 Å². The minimum atomic E-state index is -0.802. The molecule has 1 aromatic carbocycles. The van der Waals surface area contributed by atoms with Gasteiger partial charge in [0.25, 0.3) is 0 Å². The van der Waals surface area contributed by atoms with Gasteiger partial charge in [-0.2, -0.15) is 0 Å². The molecule has 0 heterocycles. The molecule has 1 rings (SSSR count). The van der Waals surface area contributed by atoms with E-state index in [1.165, 1.54) is 0 Å². The van der Waals surface area contributed by atoms with Gasteiger partial charge in [0, 0.05) is 0 Å². The van der Waals surface area contributed by atoms with E-state index in [0.29, 0.717) is 6.61 Å². The molecule has 1 aromatic rings. The van der Waals surface area contributed by atoms with Gasteiger partial charge in [0.15, 0.2) is 0 Å². The smallest absolute Gasteiger partial charge is 0.307 e. The van der Waals surface area contributed by atoms with Crippen LogP contribution in [0, 0.1) is 0 Å². The molecule has 0 fully saturated rings. The highest BCUT2D eigenvalue weighted by Crippen LogP contribution is 2.08. The number of ether oxygens (including phenoxy) is 1. The molecule has 0 aliphatic carbocycles. The van der Waals surface area contributed by atoms with Gasteiger partial charge in [0.2, 0.25) is 0 Å². The maximum Gasteiger partial charge on any atom is 0.307 e. The molecule has 1 unspecified atom stereocenters. The van der Waals surface area contributed by atoms with E-state index in [-0.39, 0.29) is 12.5 Å². The van der Waals surface area contributed by atoms with E-state index in [4.69, 9.17) is 9.84 Å². The topological polar surface area (TPSA) is 46.5 Å². The van der Waals surface area contributed by atoms with Crippen LogP contribution in [0.2, 0.25) is 0 Å². The molecule has 3 heteroatoms. The molecule has 0 aliphatic rings. The zero-order valence-electron chi connectivity index (χ0n) is 9.77.